The van der Waals surface area contributed by atoms with E-state index in [9.17, 15) is 0 Å². The number of hydrogen-bond donors (Lipinski definition) is 3. The molecule has 0 amide bonds. The molecule has 9 aromatic rings. The fourth-order valence-electron chi connectivity index (χ4n) is 7.75. The fraction of sp³-hybridized carbons (Fsp3) is 0.0682. The number of benzene rings is 6. The average molecular weight is 647 g/mol. The Bertz CT molecular complexity index is 2600. The van der Waals surface area contributed by atoms with Crippen molar-refractivity contribution in [3.8, 4) is 11.5 Å². The third kappa shape index (κ3) is 4.73. The molecule has 6 heteroatoms. The molecule has 0 saturated carbocycles. The largest absolute Gasteiger partial charge is 0.309 e. The Morgan fingerprint density at radius 1 is 0.380 bits per heavy atom. The third-order valence-corrected chi connectivity index (χ3v) is 10.0. The Morgan fingerprint density at radius 3 is 1.46 bits per heavy atom. The summed E-state index contributed by atoms with van der Waals surface area (Å²) in [7, 11) is 0. The molecule has 1 aliphatic rings. The Hall–Kier alpha value is -6.05. The van der Waals surface area contributed by atoms with Crippen LogP contribution < -0.4 is 16.0 Å². The lowest BCUT2D eigenvalue weighted by molar-refractivity contribution is 0.200. The van der Waals surface area contributed by atoms with E-state index >= 15 is 0 Å². The van der Waals surface area contributed by atoms with Gasteiger partial charge >= 0.3 is 0 Å². The first kappa shape index (κ1) is 28.9. The number of pyridine rings is 1. The summed E-state index contributed by atoms with van der Waals surface area (Å²) in [5.74, 6) is 0.884. The molecular formula is C44H34N6. The van der Waals surface area contributed by atoms with E-state index in [0.29, 0.717) is 0 Å². The second-order valence-corrected chi connectivity index (χ2v) is 13.0. The maximum absolute atomic E-state index is 5.40. The molecule has 3 N–H and O–H groups in total. The molecule has 6 aromatic carbocycles. The smallest absolute Gasteiger partial charge is 0.138 e. The molecule has 10 rings (SSSR count). The first-order valence-electron chi connectivity index (χ1n) is 17.2. The van der Waals surface area contributed by atoms with Gasteiger partial charge in [0.05, 0.1) is 40.1 Å². The van der Waals surface area contributed by atoms with Gasteiger partial charge in [-0.05, 0) is 59.7 Å². The van der Waals surface area contributed by atoms with E-state index < -0.39 is 0 Å². The van der Waals surface area contributed by atoms with Gasteiger partial charge < -0.3 is 4.57 Å². The average Bonchev–Trinajstić information content (AvgIpc) is 3.70. The van der Waals surface area contributed by atoms with Crippen LogP contribution in [-0.2, 0) is 0 Å². The Labute approximate surface area is 289 Å². The maximum atomic E-state index is 5.40. The van der Waals surface area contributed by atoms with Gasteiger partial charge in [-0.25, -0.2) is 4.98 Å². The van der Waals surface area contributed by atoms with Gasteiger partial charge in [-0.1, -0.05) is 121 Å². The first-order valence-corrected chi connectivity index (χ1v) is 17.2. The molecule has 2 atom stereocenters. The Morgan fingerprint density at radius 2 is 0.860 bits per heavy atom. The van der Waals surface area contributed by atoms with Crippen molar-refractivity contribution in [2.45, 2.75) is 18.5 Å². The maximum Gasteiger partial charge on any atom is 0.138 e. The molecule has 3 aromatic heterocycles. The molecule has 0 bridgehead atoms. The van der Waals surface area contributed by atoms with Crippen LogP contribution in [0.25, 0.3) is 55.1 Å². The Balaban J connectivity index is 1.14. The topological polar surface area (TPSA) is 58.8 Å². The molecule has 4 heterocycles. The molecule has 2 unspecified atom stereocenters. The van der Waals surface area contributed by atoms with Crippen molar-refractivity contribution in [1.82, 2.24) is 30.1 Å². The summed E-state index contributed by atoms with van der Waals surface area (Å²) in [5, 5.41) is 16.2. The molecule has 240 valence electrons. The van der Waals surface area contributed by atoms with Crippen LogP contribution in [0.15, 0.2) is 170 Å². The Kier molecular flexibility index (Phi) is 6.84. The zero-order chi connectivity index (χ0) is 33.0. The van der Waals surface area contributed by atoms with Crippen molar-refractivity contribution in [1.29, 1.82) is 0 Å². The zero-order valence-corrected chi connectivity index (χ0v) is 27.2. The molecule has 1 aliphatic heterocycles. The van der Waals surface area contributed by atoms with E-state index in [0.717, 1.165) is 28.2 Å². The van der Waals surface area contributed by atoms with E-state index in [1.54, 1.807) is 0 Å². The fourth-order valence-corrected chi connectivity index (χ4v) is 7.75. The van der Waals surface area contributed by atoms with Crippen LogP contribution in [-0.4, -0.2) is 14.1 Å². The minimum Gasteiger partial charge on any atom is -0.309 e. The molecule has 1 fully saturated rings. The van der Waals surface area contributed by atoms with Crippen molar-refractivity contribution in [2.75, 3.05) is 0 Å². The van der Waals surface area contributed by atoms with Gasteiger partial charge in [0.2, 0.25) is 0 Å². The van der Waals surface area contributed by atoms with Gasteiger partial charge in [0.25, 0.3) is 0 Å². The van der Waals surface area contributed by atoms with Crippen molar-refractivity contribution in [3.05, 3.63) is 187 Å². The van der Waals surface area contributed by atoms with Gasteiger partial charge in [-0.3, -0.25) is 20.5 Å². The van der Waals surface area contributed by atoms with E-state index in [-0.39, 0.29) is 18.5 Å². The standard InChI is InChI=1S/C44H34N6/c1-4-15-29(16-5-1)42-46-43(30-17-6-2-7-18-30)48-44(47-42)36-23-14-26-41(45-36)50-38-25-13-11-22-33(38)35-27-39-34(28-40(35)50)32-21-10-12-24-37(32)49(39)31-19-8-3-9-20-31/h1-28,42-44,46-48H. The molecule has 6 nitrogen and oxygen atoms in total. The SMILES string of the molecule is c1ccc(C2NC(c3ccccc3)NC(c3cccc(-n4c5ccccc5c5cc6c(cc54)c4ccccc4n6-c4ccccc4)n3)N2)cc1. The van der Waals surface area contributed by atoms with Crippen LogP contribution >= 0.6 is 0 Å². The summed E-state index contributed by atoms with van der Waals surface area (Å²) < 4.78 is 4.71. The molecule has 0 aliphatic carbocycles. The number of para-hydroxylation sites is 3. The highest BCUT2D eigenvalue weighted by Crippen LogP contribution is 2.39. The lowest BCUT2D eigenvalue weighted by atomic mass is 10.1. The molecule has 50 heavy (non-hydrogen) atoms. The van der Waals surface area contributed by atoms with Gasteiger partial charge in [0.1, 0.15) is 12.0 Å². The van der Waals surface area contributed by atoms with E-state index in [4.69, 9.17) is 4.98 Å². The predicted molar refractivity (Wildman–Crippen MR) is 203 cm³/mol. The van der Waals surface area contributed by atoms with Crippen molar-refractivity contribution < 1.29 is 0 Å². The first-order chi connectivity index (χ1) is 24.8. The predicted octanol–water partition coefficient (Wildman–Crippen LogP) is 9.45. The highest BCUT2D eigenvalue weighted by molar-refractivity contribution is 6.18. The minimum atomic E-state index is -0.199. The second-order valence-electron chi connectivity index (χ2n) is 13.0. The summed E-state index contributed by atoms with van der Waals surface area (Å²) in [6, 6.07) is 60.2. The third-order valence-electron chi connectivity index (χ3n) is 10.0. The number of rotatable bonds is 5. The summed E-state index contributed by atoms with van der Waals surface area (Å²) in [5.41, 5.74) is 9.09. The normalized spacial score (nSPS) is 18.0. The van der Waals surface area contributed by atoms with Crippen LogP contribution in [0.3, 0.4) is 0 Å². The molecule has 0 spiro atoms. The quantitative estimate of drug-likeness (QED) is 0.174. The van der Waals surface area contributed by atoms with Crippen molar-refractivity contribution in [2.24, 2.45) is 0 Å². The van der Waals surface area contributed by atoms with Crippen molar-refractivity contribution >= 4 is 43.6 Å². The number of aromatic nitrogens is 3. The lowest BCUT2D eigenvalue weighted by Crippen LogP contribution is -2.54. The van der Waals surface area contributed by atoms with Crippen molar-refractivity contribution in [3.63, 3.8) is 0 Å². The van der Waals surface area contributed by atoms with Crippen LogP contribution in [0, 0.1) is 0 Å². The van der Waals surface area contributed by atoms with E-state index in [2.05, 4.69) is 195 Å². The summed E-state index contributed by atoms with van der Waals surface area (Å²) >= 11 is 0. The van der Waals surface area contributed by atoms with Gasteiger partial charge in [-0.15, -0.1) is 0 Å². The summed E-state index contributed by atoms with van der Waals surface area (Å²) in [6.07, 6.45) is -0.335. The summed E-state index contributed by atoms with van der Waals surface area (Å²) in [6.45, 7) is 0. The zero-order valence-electron chi connectivity index (χ0n) is 27.2. The van der Waals surface area contributed by atoms with E-state index in [1.165, 1.54) is 43.7 Å². The molecular weight excluding hydrogens is 613 g/mol. The number of nitrogens with zero attached hydrogens (tertiary/aromatic N) is 3. The summed E-state index contributed by atoms with van der Waals surface area (Å²) in [4.78, 5) is 5.40. The van der Waals surface area contributed by atoms with Gasteiger partial charge in [-0.2, -0.15) is 0 Å². The highest BCUT2D eigenvalue weighted by Gasteiger charge is 2.30. The molecule has 1 saturated heterocycles. The second kappa shape index (κ2) is 11.8. The monoisotopic (exact) mass is 646 g/mol. The van der Waals surface area contributed by atoms with Gasteiger partial charge in [0.15, 0.2) is 0 Å². The van der Waals surface area contributed by atoms with Gasteiger partial charge in [0, 0.05) is 27.2 Å². The van der Waals surface area contributed by atoms with Crippen LogP contribution in [0.1, 0.15) is 35.3 Å². The van der Waals surface area contributed by atoms with Crippen LogP contribution in [0.2, 0.25) is 0 Å². The number of nitrogens with one attached hydrogen (secondary N) is 3. The number of fused-ring (bicyclic) bond motifs is 6. The van der Waals surface area contributed by atoms with E-state index in [1.807, 2.05) is 0 Å². The lowest BCUT2D eigenvalue weighted by Gasteiger charge is -2.39. The highest BCUT2D eigenvalue weighted by atomic mass is 15.4. The minimum absolute atomic E-state index is 0.0680. The van der Waals surface area contributed by atoms with Crippen LogP contribution in [0.4, 0.5) is 0 Å². The molecule has 0 radical (unpaired) electrons. The number of hydrogen-bond acceptors (Lipinski definition) is 4. The van der Waals surface area contributed by atoms with Crippen LogP contribution in [0.5, 0.6) is 0 Å².